The topological polar surface area (TPSA) is 85.1 Å². The minimum Gasteiger partial charge on any atom is -0.374 e. The molecule has 0 amide bonds. The van der Waals surface area contributed by atoms with Crippen LogP contribution in [0.15, 0.2) is 0 Å². The largest absolute Gasteiger partial charge is 0.374 e. The van der Waals surface area contributed by atoms with Crippen molar-refractivity contribution in [3.63, 3.8) is 0 Å². The number of hydrogen-bond donors (Lipinski definition) is 3. The molecule has 0 bridgehead atoms. The molecule has 4 N–H and O–H groups in total. The van der Waals surface area contributed by atoms with Crippen LogP contribution in [0.3, 0.4) is 0 Å². The minimum atomic E-state index is -2.44. The van der Waals surface area contributed by atoms with Crippen LogP contribution in [0.1, 0.15) is 11.4 Å². The van der Waals surface area contributed by atoms with E-state index in [0.29, 0.717) is 24.0 Å². The number of nitrogens with one attached hydrogen (secondary N) is 2. The number of nitrogen functional groups attached to an aromatic ring is 1. The summed E-state index contributed by atoms with van der Waals surface area (Å²) in [6, 6.07) is 0. The number of aryl methyl sites for hydroxylation is 1. The summed E-state index contributed by atoms with van der Waals surface area (Å²) in [5.74, 6) is 7.02. The molecule has 18 heavy (non-hydrogen) atoms. The molecule has 6 nitrogen and oxygen atoms in total. The first-order chi connectivity index (χ1) is 8.54. The van der Waals surface area contributed by atoms with Crippen molar-refractivity contribution in [3.05, 3.63) is 11.4 Å². The quantitative estimate of drug-likeness (QED) is 0.387. The Morgan fingerprint density at radius 1 is 1.28 bits per heavy atom. The van der Waals surface area contributed by atoms with Crippen LogP contribution in [0.25, 0.3) is 0 Å². The molecular formula is C10H17F2N5O. The van der Waals surface area contributed by atoms with Gasteiger partial charge in [-0.3, -0.25) is 0 Å². The average molecular weight is 261 g/mol. The Bertz CT molecular complexity index is 389. The molecule has 0 aromatic carbocycles. The first-order valence-electron chi connectivity index (χ1n) is 5.46. The zero-order chi connectivity index (χ0) is 13.5. The molecular weight excluding hydrogens is 244 g/mol. The van der Waals surface area contributed by atoms with Gasteiger partial charge in [-0.25, -0.2) is 24.6 Å². The lowest BCUT2D eigenvalue weighted by Gasteiger charge is -2.12. The Morgan fingerprint density at radius 2 is 1.94 bits per heavy atom. The first kappa shape index (κ1) is 14.5. The number of hydrazine groups is 1. The van der Waals surface area contributed by atoms with E-state index in [1.54, 1.807) is 13.8 Å². The fourth-order valence-electron chi connectivity index (χ4n) is 1.36. The molecule has 102 valence electrons. The van der Waals surface area contributed by atoms with Gasteiger partial charge >= 0.3 is 0 Å². The second-order valence-electron chi connectivity index (χ2n) is 3.63. The first-order valence-corrected chi connectivity index (χ1v) is 5.46. The number of anilines is 2. The van der Waals surface area contributed by atoms with Crippen LogP contribution in [-0.2, 0) is 4.74 Å². The van der Waals surface area contributed by atoms with Gasteiger partial charge < -0.3 is 15.5 Å². The fraction of sp³-hybridized carbons (Fsp3) is 0.600. The van der Waals surface area contributed by atoms with Crippen molar-refractivity contribution >= 4 is 11.6 Å². The van der Waals surface area contributed by atoms with Gasteiger partial charge in [-0.05, 0) is 13.8 Å². The Hall–Kier alpha value is -1.54. The van der Waals surface area contributed by atoms with Crippen LogP contribution in [0.2, 0.25) is 0 Å². The maximum Gasteiger partial charge on any atom is 0.261 e. The summed E-state index contributed by atoms with van der Waals surface area (Å²) < 4.78 is 28.4. The number of alkyl halides is 2. The van der Waals surface area contributed by atoms with Gasteiger partial charge in [-0.2, -0.15) is 0 Å². The van der Waals surface area contributed by atoms with E-state index >= 15 is 0 Å². The molecule has 0 aliphatic heterocycles. The smallest absolute Gasteiger partial charge is 0.261 e. The van der Waals surface area contributed by atoms with Gasteiger partial charge in [-0.15, -0.1) is 0 Å². The van der Waals surface area contributed by atoms with E-state index in [1.165, 1.54) is 0 Å². The third-order valence-corrected chi connectivity index (χ3v) is 2.18. The summed E-state index contributed by atoms with van der Waals surface area (Å²) in [5, 5.41) is 2.99. The molecule has 0 unspecified atom stereocenters. The Balaban J connectivity index is 2.49. The zero-order valence-electron chi connectivity index (χ0n) is 10.3. The highest BCUT2D eigenvalue weighted by molar-refractivity contribution is 5.56. The van der Waals surface area contributed by atoms with Crippen LogP contribution in [0.4, 0.5) is 20.4 Å². The van der Waals surface area contributed by atoms with E-state index in [4.69, 9.17) is 10.6 Å². The molecule has 0 saturated carbocycles. The molecule has 0 spiro atoms. The van der Waals surface area contributed by atoms with E-state index in [0.717, 1.165) is 5.56 Å². The summed E-state index contributed by atoms with van der Waals surface area (Å²) in [6.45, 7) is 3.54. The second kappa shape index (κ2) is 7.02. The normalized spacial score (nSPS) is 10.8. The molecule has 0 saturated heterocycles. The molecule has 0 fully saturated rings. The van der Waals surface area contributed by atoms with E-state index in [-0.39, 0.29) is 6.61 Å². The predicted octanol–water partition coefficient (Wildman–Crippen LogP) is 1.07. The minimum absolute atomic E-state index is 0.179. The molecule has 0 radical (unpaired) electrons. The zero-order valence-corrected chi connectivity index (χ0v) is 10.3. The number of rotatable bonds is 7. The van der Waals surface area contributed by atoms with E-state index in [2.05, 4.69) is 20.7 Å². The van der Waals surface area contributed by atoms with Crippen molar-refractivity contribution in [2.75, 3.05) is 30.5 Å². The van der Waals surface area contributed by atoms with E-state index in [1.807, 2.05) is 0 Å². The highest BCUT2D eigenvalue weighted by atomic mass is 19.3. The molecule has 0 aliphatic carbocycles. The van der Waals surface area contributed by atoms with Gasteiger partial charge in [0.15, 0.2) is 0 Å². The third-order valence-electron chi connectivity index (χ3n) is 2.18. The number of nitrogens with two attached hydrogens (primary N) is 1. The molecule has 8 heteroatoms. The Kier molecular flexibility index (Phi) is 5.66. The number of hydrogen-bond acceptors (Lipinski definition) is 6. The van der Waals surface area contributed by atoms with Crippen molar-refractivity contribution in [3.8, 4) is 0 Å². The van der Waals surface area contributed by atoms with Crippen LogP contribution < -0.4 is 16.6 Å². The fourth-order valence-corrected chi connectivity index (χ4v) is 1.36. The molecule has 1 aromatic heterocycles. The number of ether oxygens (including phenoxy) is 1. The summed E-state index contributed by atoms with van der Waals surface area (Å²) in [6.07, 6.45) is -2.44. The lowest BCUT2D eigenvalue weighted by Crippen LogP contribution is -2.17. The monoisotopic (exact) mass is 261 g/mol. The maximum absolute atomic E-state index is 11.8. The number of nitrogens with zero attached hydrogens (tertiary/aromatic N) is 2. The number of halogens is 2. The lowest BCUT2D eigenvalue weighted by atomic mass is 10.3. The summed E-state index contributed by atoms with van der Waals surface area (Å²) >= 11 is 0. The van der Waals surface area contributed by atoms with Crippen LogP contribution in [0, 0.1) is 13.8 Å². The summed E-state index contributed by atoms with van der Waals surface area (Å²) in [7, 11) is 0. The van der Waals surface area contributed by atoms with Crippen molar-refractivity contribution < 1.29 is 13.5 Å². The summed E-state index contributed by atoms with van der Waals surface area (Å²) in [4.78, 5) is 8.29. The van der Waals surface area contributed by atoms with Crippen molar-refractivity contribution in [1.82, 2.24) is 9.97 Å². The third kappa shape index (κ3) is 4.38. The van der Waals surface area contributed by atoms with Crippen LogP contribution in [0.5, 0.6) is 0 Å². The maximum atomic E-state index is 11.8. The average Bonchev–Trinajstić information content (AvgIpc) is 2.32. The number of aromatic nitrogens is 2. The van der Waals surface area contributed by atoms with Crippen LogP contribution >= 0.6 is 0 Å². The van der Waals surface area contributed by atoms with Crippen molar-refractivity contribution in [2.45, 2.75) is 20.3 Å². The highest BCUT2D eigenvalue weighted by Gasteiger charge is 2.07. The Morgan fingerprint density at radius 3 is 2.56 bits per heavy atom. The van der Waals surface area contributed by atoms with Crippen molar-refractivity contribution in [1.29, 1.82) is 0 Å². The second-order valence-corrected chi connectivity index (χ2v) is 3.63. The standard InChI is InChI=1S/C10H17F2N5O/c1-6-9(14-3-4-18-5-8(11)12)15-7(2)16-10(6)17-13/h8H,3-5,13H2,1-2H3,(H2,14,15,16,17). The Labute approximate surface area is 104 Å². The van der Waals surface area contributed by atoms with Gasteiger partial charge in [0.05, 0.1) is 6.61 Å². The van der Waals surface area contributed by atoms with Gasteiger partial charge in [0.25, 0.3) is 6.43 Å². The van der Waals surface area contributed by atoms with Gasteiger partial charge in [0.2, 0.25) is 0 Å². The van der Waals surface area contributed by atoms with E-state index < -0.39 is 13.0 Å². The molecule has 1 rings (SSSR count). The lowest BCUT2D eigenvalue weighted by molar-refractivity contribution is 0.0214. The predicted molar refractivity (Wildman–Crippen MR) is 64.6 cm³/mol. The highest BCUT2D eigenvalue weighted by Crippen LogP contribution is 2.18. The van der Waals surface area contributed by atoms with Gasteiger partial charge in [0.1, 0.15) is 24.1 Å². The summed E-state index contributed by atoms with van der Waals surface area (Å²) in [5.41, 5.74) is 3.23. The molecule has 0 aliphatic rings. The molecule has 1 heterocycles. The molecule has 1 aromatic rings. The van der Waals surface area contributed by atoms with Crippen molar-refractivity contribution in [2.24, 2.45) is 5.84 Å². The van der Waals surface area contributed by atoms with E-state index in [9.17, 15) is 8.78 Å². The van der Waals surface area contributed by atoms with Crippen LogP contribution in [-0.4, -0.2) is 36.2 Å². The molecule has 0 atom stereocenters. The SMILES string of the molecule is Cc1nc(NN)c(C)c(NCCOCC(F)F)n1. The van der Waals surface area contributed by atoms with Gasteiger partial charge in [0, 0.05) is 12.1 Å². The van der Waals surface area contributed by atoms with Gasteiger partial charge in [-0.1, -0.05) is 0 Å².